The average Bonchev–Trinajstić information content (AvgIpc) is 3.50. The van der Waals surface area contributed by atoms with E-state index in [2.05, 4.69) is 46.1 Å². The summed E-state index contributed by atoms with van der Waals surface area (Å²) in [6.07, 6.45) is 5.34. The van der Waals surface area contributed by atoms with E-state index < -0.39 is 0 Å². The first-order valence-corrected chi connectivity index (χ1v) is 10.8. The van der Waals surface area contributed by atoms with Crippen molar-refractivity contribution in [2.75, 3.05) is 26.2 Å². The summed E-state index contributed by atoms with van der Waals surface area (Å²) in [5.74, 6) is 0.312. The first kappa shape index (κ1) is 18.5. The smallest absolute Gasteiger partial charge is 0.326 e. The molecule has 2 fully saturated rings. The molecule has 1 aromatic heterocycles. The van der Waals surface area contributed by atoms with Gasteiger partial charge in [-0.2, -0.15) is 0 Å². The molecule has 0 bridgehead atoms. The Kier molecular flexibility index (Phi) is 4.72. The molecular weight excluding hydrogens is 360 g/mol. The van der Waals surface area contributed by atoms with Crippen LogP contribution < -0.4 is 5.32 Å². The molecule has 0 spiro atoms. The predicted octanol–water partition coefficient (Wildman–Crippen LogP) is 3.51. The van der Waals surface area contributed by atoms with E-state index in [0.717, 1.165) is 63.1 Å². The lowest BCUT2D eigenvalue weighted by Gasteiger charge is -2.36. The molecule has 0 radical (unpaired) electrons. The molecule has 5 heteroatoms. The lowest BCUT2D eigenvalue weighted by molar-refractivity contribution is -0.860. The zero-order valence-corrected chi connectivity index (χ0v) is 17.1. The first-order valence-electron chi connectivity index (χ1n) is 10.8. The number of carbonyl (C=O) groups is 1. The van der Waals surface area contributed by atoms with E-state index in [9.17, 15) is 4.79 Å². The highest BCUT2D eigenvalue weighted by Gasteiger charge is 2.47. The van der Waals surface area contributed by atoms with Crippen molar-refractivity contribution in [1.29, 1.82) is 0 Å². The highest BCUT2D eigenvalue weighted by Crippen LogP contribution is 2.30. The average molecular weight is 390 g/mol. The number of nitrogens with zero attached hydrogens (tertiary/aromatic N) is 3. The largest absolute Gasteiger partial charge is 0.346 e. The van der Waals surface area contributed by atoms with Gasteiger partial charge in [0.2, 0.25) is 0 Å². The van der Waals surface area contributed by atoms with Crippen LogP contribution in [0, 0.1) is 6.92 Å². The Bertz CT molecular complexity index is 1020. The fourth-order valence-corrected chi connectivity index (χ4v) is 5.33. The van der Waals surface area contributed by atoms with Crippen molar-refractivity contribution in [3.63, 3.8) is 0 Å². The standard InChI is InChI=1S/C24H29N4O/c1-18-5-4-6-22-23(18)27(17-26-22)16-19-7-9-20(10-8-19)24(29)28(13-2-3-14-28)21-11-12-25-15-21/h4-10,17,21,25H,2-3,11-16H2,1H3/q+1. The lowest BCUT2D eigenvalue weighted by Crippen LogP contribution is -2.58. The Balaban J connectivity index is 1.39. The highest BCUT2D eigenvalue weighted by molar-refractivity contribution is 5.89. The number of hydrogen-bond donors (Lipinski definition) is 1. The Hall–Kier alpha value is -2.50. The minimum absolute atomic E-state index is 0.312. The molecule has 2 saturated heterocycles. The summed E-state index contributed by atoms with van der Waals surface area (Å²) < 4.78 is 2.85. The van der Waals surface area contributed by atoms with Crippen LogP contribution in [0.4, 0.5) is 0 Å². The number of fused-ring (bicyclic) bond motifs is 1. The Morgan fingerprint density at radius 1 is 1.17 bits per heavy atom. The zero-order chi connectivity index (χ0) is 19.8. The number of aryl methyl sites for hydroxylation is 1. The molecule has 150 valence electrons. The van der Waals surface area contributed by atoms with Crippen molar-refractivity contribution >= 4 is 16.9 Å². The van der Waals surface area contributed by atoms with Gasteiger partial charge in [0, 0.05) is 38.9 Å². The monoisotopic (exact) mass is 389 g/mol. The van der Waals surface area contributed by atoms with Crippen molar-refractivity contribution in [2.45, 2.75) is 38.8 Å². The molecule has 2 aliphatic heterocycles. The van der Waals surface area contributed by atoms with Gasteiger partial charge in [0.25, 0.3) is 0 Å². The van der Waals surface area contributed by atoms with Crippen LogP contribution in [0.25, 0.3) is 11.0 Å². The molecule has 0 saturated carbocycles. The summed E-state index contributed by atoms with van der Waals surface area (Å²) in [7, 11) is 0. The second kappa shape index (κ2) is 7.39. The van der Waals surface area contributed by atoms with Crippen molar-refractivity contribution in [2.24, 2.45) is 0 Å². The van der Waals surface area contributed by atoms with Crippen molar-refractivity contribution in [3.8, 4) is 0 Å². The molecule has 5 rings (SSSR count). The molecule has 2 aliphatic rings. The number of benzene rings is 2. The molecule has 1 unspecified atom stereocenters. The summed E-state index contributed by atoms with van der Waals surface area (Å²) in [5.41, 5.74) is 5.50. The van der Waals surface area contributed by atoms with Crippen LogP contribution in [0.3, 0.4) is 0 Å². The van der Waals surface area contributed by atoms with E-state index in [4.69, 9.17) is 0 Å². The van der Waals surface area contributed by atoms with E-state index in [1.165, 1.54) is 16.6 Å². The van der Waals surface area contributed by atoms with Gasteiger partial charge < -0.3 is 9.88 Å². The summed E-state index contributed by atoms with van der Waals surface area (Å²) in [4.78, 5) is 18.1. The predicted molar refractivity (Wildman–Crippen MR) is 115 cm³/mol. The Morgan fingerprint density at radius 2 is 1.97 bits per heavy atom. The van der Waals surface area contributed by atoms with Gasteiger partial charge in [0.1, 0.15) is 6.04 Å². The van der Waals surface area contributed by atoms with Crippen LogP contribution in [0.2, 0.25) is 0 Å². The van der Waals surface area contributed by atoms with Crippen LogP contribution in [-0.2, 0) is 6.54 Å². The van der Waals surface area contributed by atoms with Crippen LogP contribution in [-0.4, -0.2) is 52.2 Å². The maximum atomic E-state index is 13.5. The number of para-hydroxylation sites is 1. The Labute approximate surface area is 171 Å². The quantitative estimate of drug-likeness (QED) is 0.695. The molecule has 29 heavy (non-hydrogen) atoms. The number of hydrogen-bond acceptors (Lipinski definition) is 3. The fraction of sp³-hybridized carbons (Fsp3) is 0.417. The van der Waals surface area contributed by atoms with Crippen molar-refractivity contribution in [3.05, 3.63) is 65.5 Å². The topological polar surface area (TPSA) is 46.9 Å². The van der Waals surface area contributed by atoms with Gasteiger partial charge in [0.15, 0.2) is 0 Å². The SMILES string of the molecule is Cc1cccc2ncn(Cc3ccc(C(=O)[N+]4(C5CCNC5)CCCC4)cc3)c12. The number of nitrogens with one attached hydrogen (secondary N) is 1. The summed E-state index contributed by atoms with van der Waals surface area (Å²) in [5, 5.41) is 3.46. The summed E-state index contributed by atoms with van der Waals surface area (Å²) >= 11 is 0. The molecular formula is C24H29N4O+. The van der Waals surface area contributed by atoms with Gasteiger partial charge >= 0.3 is 5.91 Å². The number of quaternary nitrogens is 1. The highest BCUT2D eigenvalue weighted by atomic mass is 16.2. The molecule has 5 nitrogen and oxygen atoms in total. The van der Waals surface area contributed by atoms with Gasteiger partial charge in [-0.15, -0.1) is 0 Å². The minimum Gasteiger partial charge on any atom is -0.326 e. The van der Waals surface area contributed by atoms with E-state index in [1.807, 2.05) is 24.5 Å². The third kappa shape index (κ3) is 3.18. The molecule has 1 amide bonds. The summed E-state index contributed by atoms with van der Waals surface area (Å²) in [6, 6.07) is 14.9. The van der Waals surface area contributed by atoms with Crippen LogP contribution in [0.1, 0.15) is 40.7 Å². The fourth-order valence-electron chi connectivity index (χ4n) is 5.33. The van der Waals surface area contributed by atoms with Crippen molar-refractivity contribution < 1.29 is 9.28 Å². The van der Waals surface area contributed by atoms with Gasteiger partial charge in [-0.05, 0) is 36.2 Å². The minimum atomic E-state index is 0.312. The van der Waals surface area contributed by atoms with Gasteiger partial charge in [-0.1, -0.05) is 24.3 Å². The van der Waals surface area contributed by atoms with E-state index in [-0.39, 0.29) is 0 Å². The number of carbonyl (C=O) groups excluding carboxylic acids is 1. The molecule has 0 aliphatic carbocycles. The molecule has 3 heterocycles. The van der Waals surface area contributed by atoms with E-state index in [1.54, 1.807) is 0 Å². The number of amides is 1. The van der Waals surface area contributed by atoms with Crippen molar-refractivity contribution in [1.82, 2.24) is 14.9 Å². The summed E-state index contributed by atoms with van der Waals surface area (Å²) in [6.45, 7) is 6.88. The second-order valence-corrected chi connectivity index (χ2v) is 8.65. The number of aromatic nitrogens is 2. The second-order valence-electron chi connectivity index (χ2n) is 8.65. The molecule has 1 N–H and O–H groups in total. The third-order valence-electron chi connectivity index (χ3n) is 6.90. The maximum Gasteiger partial charge on any atom is 0.346 e. The maximum absolute atomic E-state index is 13.5. The van der Waals surface area contributed by atoms with Gasteiger partial charge in [-0.3, -0.25) is 4.48 Å². The van der Waals surface area contributed by atoms with Gasteiger partial charge in [-0.25, -0.2) is 9.78 Å². The van der Waals surface area contributed by atoms with Crippen LogP contribution in [0.15, 0.2) is 48.8 Å². The number of rotatable bonds is 4. The third-order valence-corrected chi connectivity index (χ3v) is 6.90. The van der Waals surface area contributed by atoms with Crippen LogP contribution in [0.5, 0.6) is 0 Å². The molecule has 2 aromatic carbocycles. The van der Waals surface area contributed by atoms with Crippen LogP contribution >= 0.6 is 0 Å². The van der Waals surface area contributed by atoms with Gasteiger partial charge in [0.05, 0.1) is 36.0 Å². The zero-order valence-electron chi connectivity index (χ0n) is 17.1. The normalized spacial score (nSPS) is 21.1. The van der Waals surface area contributed by atoms with E-state index >= 15 is 0 Å². The first-order chi connectivity index (χ1) is 14.2. The number of likely N-dealkylation sites (tertiary alicyclic amines) is 1. The number of imidazole rings is 1. The lowest BCUT2D eigenvalue weighted by atomic mass is 10.1. The molecule has 1 atom stereocenters. The Morgan fingerprint density at radius 3 is 2.69 bits per heavy atom. The van der Waals surface area contributed by atoms with E-state index in [0.29, 0.717) is 16.4 Å². The molecule has 3 aromatic rings.